The summed E-state index contributed by atoms with van der Waals surface area (Å²) in [4.78, 5) is 12.3. The maximum Gasteiger partial charge on any atom is 0.244 e. The SMILES string of the molecule is CCCC(C)(N)C(=O)Nc1ccc(OC)c(S(=O)(=O)NC2CC2)c1. The Morgan fingerprint density at radius 3 is 2.62 bits per heavy atom. The predicted molar refractivity (Wildman–Crippen MR) is 92.5 cm³/mol. The largest absolute Gasteiger partial charge is 0.495 e. The van der Waals surface area contributed by atoms with Crippen LogP contribution in [-0.4, -0.2) is 33.0 Å². The van der Waals surface area contributed by atoms with Crippen molar-refractivity contribution in [2.75, 3.05) is 12.4 Å². The van der Waals surface area contributed by atoms with E-state index >= 15 is 0 Å². The van der Waals surface area contributed by atoms with Crippen LogP contribution in [0.2, 0.25) is 0 Å². The zero-order valence-electron chi connectivity index (χ0n) is 14.3. The van der Waals surface area contributed by atoms with Crippen LogP contribution in [0.25, 0.3) is 0 Å². The van der Waals surface area contributed by atoms with Gasteiger partial charge in [-0.25, -0.2) is 13.1 Å². The molecule has 4 N–H and O–H groups in total. The van der Waals surface area contributed by atoms with Crippen molar-refractivity contribution in [3.63, 3.8) is 0 Å². The zero-order chi connectivity index (χ0) is 18.0. The number of methoxy groups -OCH3 is 1. The molecule has 7 nitrogen and oxygen atoms in total. The fraction of sp³-hybridized carbons (Fsp3) is 0.562. The van der Waals surface area contributed by atoms with Crippen molar-refractivity contribution in [2.24, 2.45) is 5.73 Å². The molecule has 0 bridgehead atoms. The monoisotopic (exact) mass is 355 g/mol. The number of hydrogen-bond acceptors (Lipinski definition) is 5. The van der Waals surface area contributed by atoms with Gasteiger partial charge in [0, 0.05) is 11.7 Å². The van der Waals surface area contributed by atoms with Crippen LogP contribution in [0.4, 0.5) is 5.69 Å². The van der Waals surface area contributed by atoms with E-state index in [2.05, 4.69) is 10.0 Å². The van der Waals surface area contributed by atoms with Crippen molar-refractivity contribution in [3.8, 4) is 5.75 Å². The highest BCUT2D eigenvalue weighted by Gasteiger charge is 2.31. The Balaban J connectivity index is 2.26. The number of amides is 1. The van der Waals surface area contributed by atoms with Crippen LogP contribution in [0.1, 0.15) is 39.5 Å². The Kier molecular flexibility index (Phi) is 5.52. The van der Waals surface area contributed by atoms with E-state index in [1.165, 1.54) is 19.2 Å². The molecule has 1 fully saturated rings. The average Bonchev–Trinajstić information content (AvgIpc) is 3.30. The minimum Gasteiger partial charge on any atom is -0.495 e. The number of benzene rings is 1. The summed E-state index contributed by atoms with van der Waals surface area (Å²) in [6.07, 6.45) is 2.97. The van der Waals surface area contributed by atoms with Gasteiger partial charge in [0.25, 0.3) is 0 Å². The minimum absolute atomic E-state index is 0.00363. The van der Waals surface area contributed by atoms with E-state index in [1.807, 2.05) is 6.92 Å². The smallest absolute Gasteiger partial charge is 0.244 e. The van der Waals surface area contributed by atoms with Gasteiger partial charge in [-0.05, 0) is 44.4 Å². The summed E-state index contributed by atoms with van der Waals surface area (Å²) in [5.74, 6) is -0.127. The molecule has 0 saturated heterocycles. The number of ether oxygens (including phenoxy) is 1. The van der Waals surface area contributed by atoms with Gasteiger partial charge in [0.2, 0.25) is 15.9 Å². The maximum absolute atomic E-state index is 12.5. The lowest BCUT2D eigenvalue weighted by Gasteiger charge is -2.23. The zero-order valence-corrected chi connectivity index (χ0v) is 15.1. The molecule has 0 aromatic heterocycles. The molecule has 1 amide bonds. The first-order chi connectivity index (χ1) is 11.2. The third kappa shape index (κ3) is 4.46. The maximum atomic E-state index is 12.5. The molecular formula is C16H25N3O4S. The summed E-state index contributed by atoms with van der Waals surface area (Å²) in [5, 5.41) is 2.69. The van der Waals surface area contributed by atoms with E-state index in [-0.39, 0.29) is 22.6 Å². The normalized spacial score (nSPS) is 17.2. The van der Waals surface area contributed by atoms with E-state index in [1.54, 1.807) is 13.0 Å². The summed E-state index contributed by atoms with van der Waals surface area (Å²) in [7, 11) is -2.30. The summed E-state index contributed by atoms with van der Waals surface area (Å²) in [6.45, 7) is 3.60. The fourth-order valence-corrected chi connectivity index (χ4v) is 3.86. The highest BCUT2D eigenvalue weighted by atomic mass is 32.2. The second kappa shape index (κ2) is 7.08. The van der Waals surface area contributed by atoms with Crippen molar-refractivity contribution in [2.45, 2.75) is 56.0 Å². The molecule has 8 heteroatoms. The Bertz CT molecular complexity index is 712. The van der Waals surface area contributed by atoms with Gasteiger partial charge in [-0.1, -0.05) is 13.3 Å². The van der Waals surface area contributed by atoms with Gasteiger partial charge in [-0.2, -0.15) is 0 Å². The third-order valence-corrected chi connectivity index (χ3v) is 5.44. The molecule has 1 aliphatic rings. The lowest BCUT2D eigenvalue weighted by molar-refractivity contribution is -0.120. The number of sulfonamides is 1. The Morgan fingerprint density at radius 1 is 1.42 bits per heavy atom. The Hall–Kier alpha value is -1.64. The summed E-state index contributed by atoms with van der Waals surface area (Å²) >= 11 is 0. The molecule has 1 atom stereocenters. The molecule has 1 saturated carbocycles. The molecule has 1 aromatic rings. The first kappa shape index (κ1) is 18.7. The topological polar surface area (TPSA) is 111 Å². The van der Waals surface area contributed by atoms with E-state index in [4.69, 9.17) is 10.5 Å². The van der Waals surface area contributed by atoms with Crippen molar-refractivity contribution in [3.05, 3.63) is 18.2 Å². The number of hydrogen-bond donors (Lipinski definition) is 3. The van der Waals surface area contributed by atoms with Gasteiger partial charge >= 0.3 is 0 Å². The van der Waals surface area contributed by atoms with Crippen LogP contribution < -0.4 is 20.5 Å². The summed E-state index contributed by atoms with van der Waals surface area (Å²) in [5.41, 5.74) is 5.36. The molecule has 1 aromatic carbocycles. The minimum atomic E-state index is -3.70. The highest BCUT2D eigenvalue weighted by molar-refractivity contribution is 7.89. The molecule has 1 unspecified atom stereocenters. The first-order valence-electron chi connectivity index (χ1n) is 8.00. The van der Waals surface area contributed by atoms with Crippen LogP contribution in [0.5, 0.6) is 5.75 Å². The lowest BCUT2D eigenvalue weighted by Crippen LogP contribution is -2.48. The lowest BCUT2D eigenvalue weighted by atomic mass is 9.96. The molecule has 134 valence electrons. The van der Waals surface area contributed by atoms with Gasteiger partial charge in [0.15, 0.2) is 0 Å². The average molecular weight is 355 g/mol. The van der Waals surface area contributed by atoms with Gasteiger partial charge < -0.3 is 15.8 Å². The number of rotatable bonds is 8. The summed E-state index contributed by atoms with van der Waals surface area (Å²) < 4.78 is 32.7. The van der Waals surface area contributed by atoms with E-state index in [0.29, 0.717) is 12.1 Å². The molecule has 0 aliphatic heterocycles. The summed E-state index contributed by atoms with van der Waals surface area (Å²) in [6, 6.07) is 4.48. The number of carbonyl (C=O) groups is 1. The second-order valence-electron chi connectivity index (χ2n) is 6.38. The van der Waals surface area contributed by atoms with Crippen LogP contribution in [0.3, 0.4) is 0 Å². The molecule has 24 heavy (non-hydrogen) atoms. The van der Waals surface area contributed by atoms with Crippen molar-refractivity contribution < 1.29 is 17.9 Å². The van der Waals surface area contributed by atoms with Crippen LogP contribution in [-0.2, 0) is 14.8 Å². The molecule has 2 rings (SSSR count). The van der Waals surface area contributed by atoms with Crippen molar-refractivity contribution >= 4 is 21.6 Å². The Morgan fingerprint density at radius 2 is 2.08 bits per heavy atom. The molecule has 0 radical (unpaired) electrons. The molecule has 0 spiro atoms. The second-order valence-corrected chi connectivity index (χ2v) is 8.07. The highest BCUT2D eigenvalue weighted by Crippen LogP contribution is 2.30. The van der Waals surface area contributed by atoms with E-state index in [9.17, 15) is 13.2 Å². The number of carbonyl (C=O) groups excluding carboxylic acids is 1. The molecule has 1 aliphatic carbocycles. The van der Waals surface area contributed by atoms with Gasteiger partial charge in [0.1, 0.15) is 10.6 Å². The van der Waals surface area contributed by atoms with E-state index in [0.717, 1.165) is 19.3 Å². The first-order valence-corrected chi connectivity index (χ1v) is 9.48. The van der Waals surface area contributed by atoms with Gasteiger partial charge in [0.05, 0.1) is 12.6 Å². The van der Waals surface area contributed by atoms with Crippen molar-refractivity contribution in [1.29, 1.82) is 0 Å². The number of nitrogens with two attached hydrogens (primary N) is 1. The number of anilines is 1. The van der Waals surface area contributed by atoms with Gasteiger partial charge in [-0.15, -0.1) is 0 Å². The molecule has 0 heterocycles. The van der Waals surface area contributed by atoms with E-state index < -0.39 is 15.6 Å². The number of nitrogens with one attached hydrogen (secondary N) is 2. The van der Waals surface area contributed by atoms with Crippen molar-refractivity contribution in [1.82, 2.24) is 4.72 Å². The van der Waals surface area contributed by atoms with Crippen LogP contribution >= 0.6 is 0 Å². The Labute approximate surface area is 143 Å². The standard InChI is InChI=1S/C16H25N3O4S/c1-4-9-16(2,17)15(20)18-12-7-8-13(23-3)14(10-12)24(21,22)19-11-5-6-11/h7-8,10-11,19H,4-6,9,17H2,1-3H3,(H,18,20). The third-order valence-electron chi connectivity index (χ3n) is 3.90. The van der Waals surface area contributed by atoms with Crippen LogP contribution in [0.15, 0.2) is 23.1 Å². The molecular weight excluding hydrogens is 330 g/mol. The fourth-order valence-electron chi connectivity index (χ4n) is 2.36. The quantitative estimate of drug-likeness (QED) is 0.656. The predicted octanol–water partition coefficient (Wildman–Crippen LogP) is 1.59. The van der Waals surface area contributed by atoms with Gasteiger partial charge in [-0.3, -0.25) is 4.79 Å². The van der Waals surface area contributed by atoms with Crippen LogP contribution in [0, 0.1) is 0 Å².